The van der Waals surface area contributed by atoms with Gasteiger partial charge in [0.2, 0.25) is 15.9 Å². The summed E-state index contributed by atoms with van der Waals surface area (Å²) in [7, 11) is -3.44. The molecule has 0 unspecified atom stereocenters. The average molecular weight is 394 g/mol. The molecular formula is C20H31N3O3S. The molecule has 1 saturated carbocycles. The van der Waals surface area contributed by atoms with E-state index in [1.165, 1.54) is 17.1 Å². The number of carbonyl (C=O) groups is 1. The second-order valence-corrected chi connectivity index (χ2v) is 9.87. The highest BCUT2D eigenvalue weighted by atomic mass is 32.2. The van der Waals surface area contributed by atoms with Gasteiger partial charge in [0.25, 0.3) is 0 Å². The first-order chi connectivity index (χ1) is 12.9. The van der Waals surface area contributed by atoms with Gasteiger partial charge in [0, 0.05) is 32.2 Å². The van der Waals surface area contributed by atoms with Crippen LogP contribution in [0.15, 0.2) is 35.2 Å². The van der Waals surface area contributed by atoms with Crippen molar-refractivity contribution in [3.8, 4) is 0 Å². The van der Waals surface area contributed by atoms with Crippen LogP contribution in [0.5, 0.6) is 0 Å². The van der Waals surface area contributed by atoms with E-state index in [0.717, 1.165) is 6.42 Å². The number of piperazine rings is 1. The Morgan fingerprint density at radius 1 is 1.07 bits per heavy atom. The lowest BCUT2D eigenvalue weighted by Gasteiger charge is -2.36. The Balaban J connectivity index is 1.49. The zero-order chi connectivity index (χ0) is 19.4. The summed E-state index contributed by atoms with van der Waals surface area (Å²) < 4.78 is 26.9. The Morgan fingerprint density at radius 3 is 2.41 bits per heavy atom. The van der Waals surface area contributed by atoms with Gasteiger partial charge in [-0.25, -0.2) is 8.42 Å². The highest BCUT2D eigenvalue weighted by Crippen LogP contribution is 2.29. The Kier molecular flexibility index (Phi) is 6.55. The quantitative estimate of drug-likeness (QED) is 0.830. The highest BCUT2D eigenvalue weighted by Gasteiger charge is 2.31. The molecule has 6 nitrogen and oxygen atoms in total. The van der Waals surface area contributed by atoms with E-state index in [1.54, 1.807) is 24.3 Å². The third-order valence-electron chi connectivity index (χ3n) is 6.13. The number of hydrogen-bond donors (Lipinski definition) is 1. The van der Waals surface area contributed by atoms with Gasteiger partial charge >= 0.3 is 0 Å². The summed E-state index contributed by atoms with van der Waals surface area (Å²) in [5, 5.41) is 3.20. The SMILES string of the molecule is C[C@H]1[C@H](C)CCC[C@@H]1NC(=O)CN1CCN(S(=O)(=O)c2ccccc2)CC1. The summed E-state index contributed by atoms with van der Waals surface area (Å²) >= 11 is 0. The lowest BCUT2D eigenvalue weighted by atomic mass is 9.78. The van der Waals surface area contributed by atoms with Crippen LogP contribution in [0.1, 0.15) is 33.1 Å². The first-order valence-electron chi connectivity index (χ1n) is 9.95. The van der Waals surface area contributed by atoms with Crippen molar-refractivity contribution in [2.45, 2.75) is 44.0 Å². The number of benzene rings is 1. The minimum Gasteiger partial charge on any atom is -0.352 e. The first-order valence-corrected chi connectivity index (χ1v) is 11.4. The van der Waals surface area contributed by atoms with Crippen LogP contribution in [-0.4, -0.2) is 62.3 Å². The Labute approximate surface area is 163 Å². The third-order valence-corrected chi connectivity index (χ3v) is 8.05. The minimum atomic E-state index is -3.44. The van der Waals surface area contributed by atoms with Gasteiger partial charge in [0.05, 0.1) is 11.4 Å². The monoisotopic (exact) mass is 393 g/mol. The molecule has 1 aromatic rings. The van der Waals surface area contributed by atoms with E-state index in [1.807, 2.05) is 11.0 Å². The average Bonchev–Trinajstić information content (AvgIpc) is 2.66. The van der Waals surface area contributed by atoms with Gasteiger partial charge in [0.15, 0.2) is 0 Å². The van der Waals surface area contributed by atoms with Crippen LogP contribution in [0.25, 0.3) is 0 Å². The first kappa shape index (κ1) is 20.3. The summed E-state index contributed by atoms with van der Waals surface area (Å²) in [4.78, 5) is 14.8. The van der Waals surface area contributed by atoms with Gasteiger partial charge in [-0.3, -0.25) is 9.69 Å². The third kappa shape index (κ3) is 4.89. The molecule has 1 saturated heterocycles. The van der Waals surface area contributed by atoms with Crippen molar-refractivity contribution in [2.24, 2.45) is 11.8 Å². The molecule has 1 N–H and O–H groups in total. The smallest absolute Gasteiger partial charge is 0.243 e. The summed E-state index contributed by atoms with van der Waals surface area (Å²) in [5.74, 6) is 1.21. The maximum Gasteiger partial charge on any atom is 0.243 e. The molecule has 27 heavy (non-hydrogen) atoms. The van der Waals surface area contributed by atoms with E-state index in [4.69, 9.17) is 0 Å². The van der Waals surface area contributed by atoms with Gasteiger partial charge in [-0.15, -0.1) is 0 Å². The molecule has 1 aliphatic carbocycles. The lowest BCUT2D eigenvalue weighted by Crippen LogP contribution is -2.52. The summed E-state index contributed by atoms with van der Waals surface area (Å²) in [5.41, 5.74) is 0. The molecule has 0 spiro atoms. The second-order valence-electron chi connectivity index (χ2n) is 7.93. The fourth-order valence-electron chi connectivity index (χ4n) is 4.11. The van der Waals surface area contributed by atoms with Crippen LogP contribution in [0.2, 0.25) is 0 Å². The predicted octanol–water partition coefficient (Wildman–Crippen LogP) is 1.93. The van der Waals surface area contributed by atoms with Gasteiger partial charge < -0.3 is 5.32 Å². The number of sulfonamides is 1. The van der Waals surface area contributed by atoms with E-state index in [9.17, 15) is 13.2 Å². The maximum atomic E-state index is 12.7. The van der Waals surface area contributed by atoms with Crippen LogP contribution >= 0.6 is 0 Å². The molecule has 0 aromatic heterocycles. The van der Waals surface area contributed by atoms with Crippen LogP contribution < -0.4 is 5.32 Å². The largest absolute Gasteiger partial charge is 0.352 e. The summed E-state index contributed by atoms with van der Waals surface area (Å²) in [6, 6.07) is 8.80. The molecule has 3 atom stereocenters. The number of nitrogens with zero attached hydrogens (tertiary/aromatic N) is 2. The molecule has 0 radical (unpaired) electrons. The van der Waals surface area contributed by atoms with E-state index in [2.05, 4.69) is 19.2 Å². The molecule has 2 fully saturated rings. The normalized spacial score (nSPS) is 28.0. The molecule has 150 valence electrons. The molecule has 1 aliphatic heterocycles. The molecule has 1 aromatic carbocycles. The minimum absolute atomic E-state index is 0.0558. The molecule has 1 heterocycles. The molecule has 1 amide bonds. The molecular weight excluding hydrogens is 362 g/mol. The molecule has 7 heteroatoms. The van der Waals surface area contributed by atoms with Gasteiger partial charge in [-0.2, -0.15) is 4.31 Å². The highest BCUT2D eigenvalue weighted by molar-refractivity contribution is 7.89. The number of hydrogen-bond acceptors (Lipinski definition) is 4. The number of carbonyl (C=O) groups excluding carboxylic acids is 1. The Morgan fingerprint density at radius 2 is 1.74 bits per heavy atom. The van der Waals surface area contributed by atoms with Crippen molar-refractivity contribution in [1.29, 1.82) is 0 Å². The zero-order valence-corrected chi connectivity index (χ0v) is 17.1. The Bertz CT molecular complexity index is 730. The van der Waals surface area contributed by atoms with Crippen molar-refractivity contribution in [3.63, 3.8) is 0 Å². The molecule has 0 bridgehead atoms. The zero-order valence-electron chi connectivity index (χ0n) is 16.3. The lowest BCUT2D eigenvalue weighted by molar-refractivity contribution is -0.124. The number of rotatable bonds is 5. The van der Waals surface area contributed by atoms with Crippen molar-refractivity contribution in [1.82, 2.24) is 14.5 Å². The van der Waals surface area contributed by atoms with Crippen LogP contribution in [-0.2, 0) is 14.8 Å². The Hall–Kier alpha value is -1.44. The molecule has 2 aliphatic rings. The standard InChI is InChI=1S/C20H31N3O3S/c1-16-7-6-10-19(17(16)2)21-20(24)15-22-11-13-23(14-12-22)27(25,26)18-8-4-3-5-9-18/h3-5,8-9,16-17,19H,6-7,10-15H2,1-2H3,(H,21,24)/t16-,17+,19+/m1/s1. The van der Waals surface area contributed by atoms with E-state index in [0.29, 0.717) is 49.5 Å². The van der Waals surface area contributed by atoms with Gasteiger partial charge in [-0.1, -0.05) is 44.9 Å². The number of amides is 1. The van der Waals surface area contributed by atoms with Crippen LogP contribution in [0, 0.1) is 11.8 Å². The van der Waals surface area contributed by atoms with Crippen LogP contribution in [0.3, 0.4) is 0 Å². The van der Waals surface area contributed by atoms with Crippen molar-refractivity contribution < 1.29 is 13.2 Å². The van der Waals surface area contributed by atoms with Crippen molar-refractivity contribution in [3.05, 3.63) is 30.3 Å². The fraction of sp³-hybridized carbons (Fsp3) is 0.650. The van der Waals surface area contributed by atoms with E-state index < -0.39 is 10.0 Å². The van der Waals surface area contributed by atoms with Crippen LogP contribution in [0.4, 0.5) is 0 Å². The predicted molar refractivity (Wildman–Crippen MR) is 106 cm³/mol. The summed E-state index contributed by atoms with van der Waals surface area (Å²) in [6.07, 6.45) is 3.47. The van der Waals surface area contributed by atoms with Crippen molar-refractivity contribution >= 4 is 15.9 Å². The second kappa shape index (κ2) is 8.71. The maximum absolute atomic E-state index is 12.7. The summed E-state index contributed by atoms with van der Waals surface area (Å²) in [6.45, 7) is 6.82. The fourth-order valence-corrected chi connectivity index (χ4v) is 5.55. The number of nitrogens with one attached hydrogen (secondary N) is 1. The van der Waals surface area contributed by atoms with Crippen molar-refractivity contribution in [2.75, 3.05) is 32.7 Å². The van der Waals surface area contributed by atoms with Gasteiger partial charge in [-0.05, 0) is 30.4 Å². The van der Waals surface area contributed by atoms with E-state index in [-0.39, 0.29) is 11.9 Å². The molecule has 3 rings (SSSR count). The van der Waals surface area contributed by atoms with E-state index >= 15 is 0 Å². The topological polar surface area (TPSA) is 69.7 Å². The van der Waals surface area contributed by atoms with Gasteiger partial charge in [0.1, 0.15) is 0 Å².